The first-order chi connectivity index (χ1) is 12.5. The van der Waals surface area contributed by atoms with E-state index >= 15 is 0 Å². The molecule has 2 aromatic rings. The maximum absolute atomic E-state index is 6.08. The fraction of sp³-hybridized carbons (Fsp3) is 0.440. The van der Waals surface area contributed by atoms with Gasteiger partial charge in [-0.25, -0.2) is 0 Å². The van der Waals surface area contributed by atoms with Crippen LogP contribution < -0.4 is 4.74 Å². The first-order valence-corrected chi connectivity index (χ1v) is 13.0. The van der Waals surface area contributed by atoms with Crippen LogP contribution in [0.15, 0.2) is 29.8 Å². The van der Waals surface area contributed by atoms with Crippen LogP contribution in [-0.2, 0) is 5.41 Å². The lowest BCUT2D eigenvalue weighted by Gasteiger charge is -2.28. The number of hydrogen-bond donors (Lipinski definition) is 0. The summed E-state index contributed by atoms with van der Waals surface area (Å²) in [7, 11) is 0.962. The lowest BCUT2D eigenvalue weighted by molar-refractivity contribution is 0.399. The molecule has 3 rings (SSSR count). The van der Waals surface area contributed by atoms with Gasteiger partial charge in [-0.05, 0) is 48.4 Å². The molecule has 2 heteroatoms. The van der Waals surface area contributed by atoms with Crippen molar-refractivity contribution in [2.45, 2.75) is 65.6 Å². The van der Waals surface area contributed by atoms with Crippen molar-refractivity contribution in [2.75, 3.05) is 7.11 Å². The number of fused-ring (bicyclic) bond motifs is 1. The quantitative estimate of drug-likeness (QED) is 0.533. The lowest BCUT2D eigenvalue weighted by Crippen LogP contribution is -2.19. The van der Waals surface area contributed by atoms with Gasteiger partial charge < -0.3 is 4.74 Å². The number of methoxy groups -OCH3 is 1. The van der Waals surface area contributed by atoms with Gasteiger partial charge >= 0.3 is 0 Å². The van der Waals surface area contributed by atoms with Crippen molar-refractivity contribution in [3.8, 4) is 16.9 Å². The Morgan fingerprint density at radius 3 is 2.00 bits per heavy atom. The monoisotopic (exact) mass is 378 g/mol. The van der Waals surface area contributed by atoms with Gasteiger partial charge in [0.25, 0.3) is 0 Å². The minimum Gasteiger partial charge on any atom is -0.496 e. The molecule has 0 heterocycles. The van der Waals surface area contributed by atoms with E-state index in [9.17, 15) is 0 Å². The molecule has 1 unspecified atom stereocenters. The van der Waals surface area contributed by atoms with Crippen molar-refractivity contribution in [1.82, 2.24) is 0 Å². The first-order valence-electron chi connectivity index (χ1n) is 10.1. The Morgan fingerprint density at radius 2 is 1.52 bits per heavy atom. The highest BCUT2D eigenvalue weighted by Crippen LogP contribution is 2.50. The highest BCUT2D eigenvalue weighted by atomic mass is 28.3. The Morgan fingerprint density at radius 1 is 0.926 bits per heavy atom. The molecular weight excluding hydrogens is 344 g/mol. The number of rotatable bonds is 3. The minimum absolute atomic E-state index is 0.0353. The molecule has 0 saturated carbocycles. The van der Waals surface area contributed by atoms with E-state index in [0.717, 1.165) is 5.75 Å². The minimum atomic E-state index is -0.861. The number of ether oxygens (including phenoxy) is 1. The second kappa shape index (κ2) is 6.98. The average Bonchev–Trinajstić information content (AvgIpc) is 2.86. The van der Waals surface area contributed by atoms with Crippen molar-refractivity contribution in [3.05, 3.63) is 57.7 Å². The molecule has 0 aliphatic heterocycles. The van der Waals surface area contributed by atoms with E-state index in [1.54, 1.807) is 0 Å². The molecule has 1 atom stereocenters. The standard InChI is InChI=1S/C25H34OSi/c1-15-10-16(2)12-18(11-15)22-19-13-17(3)24(27(8)9)20(19)14-21(23(22)26-7)25(4,5)6/h10-14,24,27H,1-9H3. The van der Waals surface area contributed by atoms with Crippen molar-refractivity contribution >= 4 is 14.9 Å². The molecule has 0 saturated heterocycles. The predicted octanol–water partition coefficient (Wildman–Crippen LogP) is 6.80. The van der Waals surface area contributed by atoms with Gasteiger partial charge in [-0.1, -0.05) is 80.9 Å². The van der Waals surface area contributed by atoms with Crippen molar-refractivity contribution in [3.63, 3.8) is 0 Å². The van der Waals surface area contributed by atoms with Crippen LogP contribution in [-0.4, -0.2) is 15.9 Å². The maximum Gasteiger partial charge on any atom is 0.131 e. The second-order valence-corrected chi connectivity index (χ2v) is 12.7. The molecule has 1 aliphatic rings. The van der Waals surface area contributed by atoms with Crippen LogP contribution in [0.4, 0.5) is 0 Å². The zero-order valence-corrected chi connectivity index (χ0v) is 19.6. The van der Waals surface area contributed by atoms with Gasteiger partial charge in [-0.15, -0.1) is 0 Å². The molecule has 0 radical (unpaired) electrons. The Labute approximate surface area is 167 Å². The second-order valence-electron chi connectivity index (χ2n) is 9.57. The largest absolute Gasteiger partial charge is 0.496 e. The Bertz CT molecular complexity index is 893. The number of benzene rings is 2. The van der Waals surface area contributed by atoms with Gasteiger partial charge in [0.05, 0.1) is 7.11 Å². The smallest absolute Gasteiger partial charge is 0.131 e. The van der Waals surface area contributed by atoms with Crippen molar-refractivity contribution < 1.29 is 4.74 Å². The third-order valence-electron chi connectivity index (χ3n) is 5.74. The summed E-state index contributed by atoms with van der Waals surface area (Å²) in [6.45, 7) is 18.5. The zero-order chi connectivity index (χ0) is 20.1. The van der Waals surface area contributed by atoms with Crippen LogP contribution in [0, 0.1) is 13.8 Å². The normalized spacial score (nSPS) is 16.5. The Balaban J connectivity index is 2.44. The predicted molar refractivity (Wildman–Crippen MR) is 122 cm³/mol. The summed E-state index contributed by atoms with van der Waals surface area (Å²) in [4.78, 5) is 0. The molecule has 0 aromatic heterocycles. The summed E-state index contributed by atoms with van der Waals surface area (Å²) in [6.07, 6.45) is 2.43. The van der Waals surface area contributed by atoms with E-state index in [-0.39, 0.29) is 5.41 Å². The molecule has 1 nitrogen and oxygen atoms in total. The summed E-state index contributed by atoms with van der Waals surface area (Å²) in [5.74, 6) is 1.04. The van der Waals surface area contributed by atoms with E-state index in [4.69, 9.17) is 4.74 Å². The topological polar surface area (TPSA) is 9.23 Å². The number of hydrogen-bond acceptors (Lipinski definition) is 1. The van der Waals surface area contributed by atoms with Crippen LogP contribution in [0.2, 0.25) is 13.1 Å². The Kier molecular flexibility index (Phi) is 5.15. The summed E-state index contributed by atoms with van der Waals surface area (Å²) in [5.41, 5.74) is 11.6. The third-order valence-corrected chi connectivity index (χ3v) is 7.96. The van der Waals surface area contributed by atoms with E-state index in [0.29, 0.717) is 5.54 Å². The molecule has 0 bridgehead atoms. The molecular formula is C25H34OSi. The molecule has 2 aromatic carbocycles. The van der Waals surface area contributed by atoms with Crippen LogP contribution in [0.3, 0.4) is 0 Å². The molecule has 0 spiro atoms. The fourth-order valence-electron chi connectivity index (χ4n) is 4.74. The van der Waals surface area contributed by atoms with E-state index < -0.39 is 8.80 Å². The summed E-state index contributed by atoms with van der Waals surface area (Å²) in [6, 6.07) is 9.31. The SMILES string of the molecule is COc1c(C(C)(C)C)cc2c(c1-c1cc(C)cc(C)c1)C=C(C)C2[SiH](C)C. The van der Waals surface area contributed by atoms with Gasteiger partial charge in [0, 0.05) is 19.9 Å². The fourth-order valence-corrected chi connectivity index (χ4v) is 6.88. The summed E-state index contributed by atoms with van der Waals surface area (Å²) < 4.78 is 6.08. The van der Waals surface area contributed by atoms with Gasteiger partial charge in [-0.3, -0.25) is 0 Å². The van der Waals surface area contributed by atoms with Gasteiger partial charge in [0.2, 0.25) is 0 Å². The van der Waals surface area contributed by atoms with Gasteiger partial charge in [0.15, 0.2) is 0 Å². The van der Waals surface area contributed by atoms with Crippen LogP contribution in [0.25, 0.3) is 17.2 Å². The number of allylic oxidation sites excluding steroid dienone is 1. The van der Waals surface area contributed by atoms with Crippen molar-refractivity contribution in [1.29, 1.82) is 0 Å². The summed E-state index contributed by atoms with van der Waals surface area (Å²) in [5, 5.41) is 0. The van der Waals surface area contributed by atoms with E-state index in [2.05, 4.69) is 85.0 Å². The highest BCUT2D eigenvalue weighted by molar-refractivity contribution is 6.58. The maximum atomic E-state index is 6.08. The van der Waals surface area contributed by atoms with E-state index in [1.807, 2.05) is 7.11 Å². The van der Waals surface area contributed by atoms with E-state index in [1.165, 1.54) is 44.5 Å². The molecule has 1 aliphatic carbocycles. The van der Waals surface area contributed by atoms with Gasteiger partial charge in [0.1, 0.15) is 5.75 Å². The average molecular weight is 379 g/mol. The first kappa shape index (κ1) is 19.9. The molecule has 27 heavy (non-hydrogen) atoms. The zero-order valence-electron chi connectivity index (χ0n) is 18.4. The third kappa shape index (κ3) is 3.52. The molecule has 0 amide bonds. The molecule has 0 fully saturated rings. The van der Waals surface area contributed by atoms with Crippen LogP contribution in [0.1, 0.15) is 61.1 Å². The van der Waals surface area contributed by atoms with Gasteiger partial charge in [-0.2, -0.15) is 0 Å². The number of aryl methyl sites for hydroxylation is 2. The van der Waals surface area contributed by atoms with Crippen LogP contribution >= 0.6 is 0 Å². The van der Waals surface area contributed by atoms with Crippen LogP contribution in [0.5, 0.6) is 5.75 Å². The molecule has 0 N–H and O–H groups in total. The summed E-state index contributed by atoms with van der Waals surface area (Å²) >= 11 is 0. The van der Waals surface area contributed by atoms with Crippen molar-refractivity contribution in [2.24, 2.45) is 0 Å². The highest BCUT2D eigenvalue weighted by Gasteiger charge is 2.33. The Hall–Kier alpha value is -1.80. The lowest BCUT2D eigenvalue weighted by atomic mass is 9.81. The molecule has 144 valence electrons.